The largest absolute Gasteiger partial charge is 0.494 e. The predicted molar refractivity (Wildman–Crippen MR) is 122 cm³/mol. The molecule has 1 saturated heterocycles. The molecule has 0 saturated carbocycles. The molecule has 0 atom stereocenters. The molecule has 3 amide bonds. The van der Waals surface area contributed by atoms with Crippen molar-refractivity contribution in [2.75, 3.05) is 32.8 Å². The standard InChI is InChI=1S/C24H37N3O5/c1-18-7-9-20(10-8-18)31-15-5-6-21(28)25-16-19-11-13-27(14-12-19)22(29)17-26-23(30)32-24(2,3)4/h7-10,19H,5-6,11-17H2,1-4H3,(H,25,28)(H,26,30). The molecule has 178 valence electrons. The maximum atomic E-state index is 12.3. The van der Waals surface area contributed by atoms with Gasteiger partial charge in [0, 0.05) is 26.1 Å². The maximum Gasteiger partial charge on any atom is 0.408 e. The molecule has 8 heteroatoms. The minimum Gasteiger partial charge on any atom is -0.494 e. The Labute approximate surface area is 191 Å². The van der Waals surface area contributed by atoms with Gasteiger partial charge in [-0.25, -0.2) is 4.79 Å². The Morgan fingerprint density at radius 3 is 2.34 bits per heavy atom. The van der Waals surface area contributed by atoms with Crippen LogP contribution in [-0.4, -0.2) is 61.2 Å². The fourth-order valence-corrected chi connectivity index (χ4v) is 3.36. The summed E-state index contributed by atoms with van der Waals surface area (Å²) in [7, 11) is 0. The van der Waals surface area contributed by atoms with Crippen molar-refractivity contribution in [3.05, 3.63) is 29.8 Å². The molecule has 2 N–H and O–H groups in total. The number of carbonyl (C=O) groups is 3. The van der Waals surface area contributed by atoms with Gasteiger partial charge in [0.25, 0.3) is 0 Å². The lowest BCUT2D eigenvalue weighted by atomic mass is 9.96. The Hall–Kier alpha value is -2.77. The highest BCUT2D eigenvalue weighted by Gasteiger charge is 2.24. The molecule has 1 aliphatic heterocycles. The summed E-state index contributed by atoms with van der Waals surface area (Å²) in [5.74, 6) is 1.08. The van der Waals surface area contributed by atoms with E-state index in [-0.39, 0.29) is 18.4 Å². The highest BCUT2D eigenvalue weighted by molar-refractivity contribution is 5.82. The predicted octanol–water partition coefficient (Wildman–Crippen LogP) is 3.03. The van der Waals surface area contributed by atoms with Gasteiger partial charge in [-0.05, 0) is 65.0 Å². The van der Waals surface area contributed by atoms with Crippen LogP contribution in [0.5, 0.6) is 5.75 Å². The minimum absolute atomic E-state index is 0.0255. The van der Waals surface area contributed by atoms with Crippen molar-refractivity contribution in [1.29, 1.82) is 0 Å². The monoisotopic (exact) mass is 447 g/mol. The summed E-state index contributed by atoms with van der Waals surface area (Å²) in [4.78, 5) is 37.8. The van der Waals surface area contributed by atoms with Crippen molar-refractivity contribution < 1.29 is 23.9 Å². The smallest absolute Gasteiger partial charge is 0.408 e. The van der Waals surface area contributed by atoms with E-state index in [9.17, 15) is 14.4 Å². The van der Waals surface area contributed by atoms with Crippen LogP contribution in [0, 0.1) is 12.8 Å². The Kier molecular flexibility index (Phi) is 9.81. The molecule has 0 aliphatic carbocycles. The molecule has 0 spiro atoms. The number of alkyl carbamates (subject to hydrolysis) is 1. The highest BCUT2D eigenvalue weighted by Crippen LogP contribution is 2.17. The summed E-state index contributed by atoms with van der Waals surface area (Å²) in [6.07, 6.45) is 2.16. The van der Waals surface area contributed by atoms with E-state index in [1.54, 1.807) is 25.7 Å². The van der Waals surface area contributed by atoms with E-state index in [0.29, 0.717) is 45.0 Å². The third kappa shape index (κ3) is 10.0. The number of carbonyl (C=O) groups excluding carboxylic acids is 3. The van der Waals surface area contributed by atoms with Gasteiger partial charge in [0.2, 0.25) is 11.8 Å². The molecule has 2 rings (SSSR count). The van der Waals surface area contributed by atoms with Gasteiger partial charge in [-0.2, -0.15) is 0 Å². The van der Waals surface area contributed by atoms with Crippen LogP contribution in [0.25, 0.3) is 0 Å². The first-order chi connectivity index (χ1) is 15.1. The molecular weight excluding hydrogens is 410 g/mol. The average Bonchev–Trinajstić information content (AvgIpc) is 2.74. The number of ether oxygens (including phenoxy) is 2. The zero-order chi connectivity index (χ0) is 23.6. The van der Waals surface area contributed by atoms with Gasteiger partial charge in [-0.3, -0.25) is 9.59 Å². The van der Waals surface area contributed by atoms with Crippen LogP contribution < -0.4 is 15.4 Å². The Bertz CT molecular complexity index is 750. The first kappa shape index (κ1) is 25.5. The molecule has 32 heavy (non-hydrogen) atoms. The SMILES string of the molecule is Cc1ccc(OCCCC(=O)NCC2CCN(C(=O)CNC(=O)OC(C)(C)C)CC2)cc1. The number of likely N-dealkylation sites (tertiary alicyclic amines) is 1. The van der Waals surface area contributed by atoms with Crippen LogP contribution in [0.1, 0.15) is 52.0 Å². The summed E-state index contributed by atoms with van der Waals surface area (Å²) < 4.78 is 10.8. The zero-order valence-corrected chi connectivity index (χ0v) is 19.7. The number of aryl methyl sites for hydroxylation is 1. The van der Waals surface area contributed by atoms with Crippen LogP contribution in [0.4, 0.5) is 4.79 Å². The van der Waals surface area contributed by atoms with Gasteiger partial charge >= 0.3 is 6.09 Å². The summed E-state index contributed by atoms with van der Waals surface area (Å²) in [5.41, 5.74) is 0.591. The summed E-state index contributed by atoms with van der Waals surface area (Å²) >= 11 is 0. The Morgan fingerprint density at radius 1 is 1.06 bits per heavy atom. The van der Waals surface area contributed by atoms with Crippen molar-refractivity contribution in [2.24, 2.45) is 5.92 Å². The Balaban J connectivity index is 1.54. The lowest BCUT2D eigenvalue weighted by molar-refractivity contribution is -0.131. The first-order valence-electron chi connectivity index (χ1n) is 11.3. The quantitative estimate of drug-likeness (QED) is 0.567. The topological polar surface area (TPSA) is 97.0 Å². The van der Waals surface area contributed by atoms with Crippen LogP contribution in [-0.2, 0) is 14.3 Å². The van der Waals surface area contributed by atoms with Gasteiger partial charge in [-0.1, -0.05) is 17.7 Å². The number of benzene rings is 1. The van der Waals surface area contributed by atoms with Gasteiger partial charge in [0.1, 0.15) is 17.9 Å². The number of rotatable bonds is 9. The summed E-state index contributed by atoms with van der Waals surface area (Å²) in [6, 6.07) is 7.86. The zero-order valence-electron chi connectivity index (χ0n) is 19.7. The lowest BCUT2D eigenvalue weighted by Crippen LogP contribution is -2.46. The van der Waals surface area contributed by atoms with E-state index in [1.165, 1.54) is 5.56 Å². The maximum absolute atomic E-state index is 12.3. The van der Waals surface area contributed by atoms with Crippen molar-refractivity contribution in [2.45, 2.75) is 59.0 Å². The molecule has 1 aliphatic rings. The molecule has 0 unspecified atom stereocenters. The number of hydrogen-bond acceptors (Lipinski definition) is 5. The fraction of sp³-hybridized carbons (Fsp3) is 0.625. The van der Waals surface area contributed by atoms with Crippen molar-refractivity contribution in [1.82, 2.24) is 15.5 Å². The average molecular weight is 448 g/mol. The van der Waals surface area contributed by atoms with Gasteiger partial charge < -0.3 is 25.0 Å². The third-order valence-electron chi connectivity index (χ3n) is 5.18. The number of amides is 3. The van der Waals surface area contributed by atoms with E-state index in [0.717, 1.165) is 18.6 Å². The molecule has 0 radical (unpaired) electrons. The molecule has 1 aromatic rings. The highest BCUT2D eigenvalue weighted by atomic mass is 16.6. The second-order valence-corrected chi connectivity index (χ2v) is 9.25. The molecule has 0 aromatic heterocycles. The third-order valence-corrected chi connectivity index (χ3v) is 5.18. The van der Waals surface area contributed by atoms with E-state index in [4.69, 9.17) is 9.47 Å². The first-order valence-corrected chi connectivity index (χ1v) is 11.3. The number of nitrogens with one attached hydrogen (secondary N) is 2. The van der Waals surface area contributed by atoms with Crippen LogP contribution in [0.3, 0.4) is 0 Å². The molecule has 8 nitrogen and oxygen atoms in total. The molecule has 1 aromatic carbocycles. The van der Waals surface area contributed by atoms with Gasteiger partial charge in [-0.15, -0.1) is 0 Å². The molecular formula is C24H37N3O5. The fourth-order valence-electron chi connectivity index (χ4n) is 3.36. The van der Waals surface area contributed by atoms with Crippen LogP contribution >= 0.6 is 0 Å². The number of piperidine rings is 1. The van der Waals surface area contributed by atoms with E-state index < -0.39 is 11.7 Å². The van der Waals surface area contributed by atoms with E-state index in [1.807, 2.05) is 31.2 Å². The second-order valence-electron chi connectivity index (χ2n) is 9.25. The minimum atomic E-state index is -0.593. The summed E-state index contributed by atoms with van der Waals surface area (Å²) in [6.45, 7) is 9.66. The van der Waals surface area contributed by atoms with E-state index >= 15 is 0 Å². The number of nitrogens with zero attached hydrogens (tertiary/aromatic N) is 1. The van der Waals surface area contributed by atoms with Gasteiger partial charge in [0.15, 0.2) is 0 Å². The molecule has 1 heterocycles. The van der Waals surface area contributed by atoms with Crippen LogP contribution in [0.2, 0.25) is 0 Å². The lowest BCUT2D eigenvalue weighted by Gasteiger charge is -2.32. The second kappa shape index (κ2) is 12.3. The molecule has 1 fully saturated rings. The van der Waals surface area contributed by atoms with Gasteiger partial charge in [0.05, 0.1) is 6.61 Å². The molecule has 0 bridgehead atoms. The van der Waals surface area contributed by atoms with E-state index in [2.05, 4.69) is 10.6 Å². The number of hydrogen-bond donors (Lipinski definition) is 2. The Morgan fingerprint density at radius 2 is 1.72 bits per heavy atom. The summed E-state index contributed by atoms with van der Waals surface area (Å²) in [5, 5.41) is 5.50. The van der Waals surface area contributed by atoms with Crippen LogP contribution in [0.15, 0.2) is 24.3 Å². The van der Waals surface area contributed by atoms with Crippen molar-refractivity contribution >= 4 is 17.9 Å². The normalized spacial score (nSPS) is 14.6. The van der Waals surface area contributed by atoms with Crippen molar-refractivity contribution in [3.8, 4) is 5.75 Å². The van der Waals surface area contributed by atoms with Crippen molar-refractivity contribution in [3.63, 3.8) is 0 Å².